The van der Waals surface area contributed by atoms with Gasteiger partial charge in [0.2, 0.25) is 0 Å². The number of amides is 1. The Morgan fingerprint density at radius 3 is 2.85 bits per heavy atom. The fourth-order valence-electron chi connectivity index (χ4n) is 1.42. The van der Waals surface area contributed by atoms with Gasteiger partial charge in [0.05, 0.1) is 11.8 Å². The number of aryl methyl sites for hydroxylation is 1. The molecule has 20 heavy (non-hydrogen) atoms. The van der Waals surface area contributed by atoms with Gasteiger partial charge in [0.15, 0.2) is 0 Å². The molecule has 2 heterocycles. The normalized spacial score (nSPS) is 10.4. The van der Waals surface area contributed by atoms with Crippen molar-refractivity contribution in [3.05, 3.63) is 72.1 Å². The van der Waals surface area contributed by atoms with Crippen LogP contribution in [0.25, 0.3) is 6.08 Å². The summed E-state index contributed by atoms with van der Waals surface area (Å²) in [6, 6.07) is 7.10. The molecule has 2 aromatic rings. The topological polar surface area (TPSA) is 67.2 Å². The Kier molecular flexibility index (Phi) is 4.34. The average molecular weight is 269 g/mol. The van der Waals surface area contributed by atoms with E-state index in [-0.39, 0.29) is 5.91 Å². The maximum absolute atomic E-state index is 11.8. The van der Waals surface area contributed by atoms with Gasteiger partial charge in [-0.05, 0) is 43.3 Å². The molecular weight excluding hydrogens is 254 g/mol. The SMILES string of the molecule is C=C(C=Cc1ccco1)NNC(=O)c1ccc(C)nc1. The largest absolute Gasteiger partial charge is 0.465 e. The second-order valence-corrected chi connectivity index (χ2v) is 4.14. The molecule has 1 amide bonds. The highest BCUT2D eigenvalue weighted by Gasteiger charge is 2.04. The van der Waals surface area contributed by atoms with E-state index in [1.165, 1.54) is 6.20 Å². The first-order chi connectivity index (χ1) is 9.65. The number of nitrogens with one attached hydrogen (secondary N) is 2. The lowest BCUT2D eigenvalue weighted by Gasteiger charge is -2.07. The molecule has 2 aromatic heterocycles. The summed E-state index contributed by atoms with van der Waals surface area (Å²) in [5.41, 5.74) is 7.12. The van der Waals surface area contributed by atoms with Crippen molar-refractivity contribution >= 4 is 12.0 Å². The summed E-state index contributed by atoms with van der Waals surface area (Å²) >= 11 is 0. The van der Waals surface area contributed by atoms with Crippen LogP contribution in [0.5, 0.6) is 0 Å². The van der Waals surface area contributed by atoms with Crippen molar-refractivity contribution in [1.82, 2.24) is 15.8 Å². The Hall–Kier alpha value is -2.82. The van der Waals surface area contributed by atoms with Crippen LogP contribution in [0, 0.1) is 6.92 Å². The third kappa shape index (κ3) is 3.84. The molecule has 0 bridgehead atoms. The zero-order chi connectivity index (χ0) is 14.4. The Labute approximate surface area is 117 Å². The van der Waals surface area contributed by atoms with Crippen LogP contribution in [0.15, 0.2) is 59.5 Å². The Morgan fingerprint density at radius 1 is 1.35 bits per heavy atom. The molecule has 0 aliphatic rings. The highest BCUT2D eigenvalue weighted by atomic mass is 16.3. The summed E-state index contributed by atoms with van der Waals surface area (Å²) < 4.78 is 5.14. The first-order valence-corrected chi connectivity index (χ1v) is 6.04. The number of rotatable bonds is 5. The first kappa shape index (κ1) is 13.6. The molecule has 0 aliphatic carbocycles. The summed E-state index contributed by atoms with van der Waals surface area (Å²) in [6.45, 7) is 5.63. The number of carbonyl (C=O) groups is 1. The third-order valence-electron chi connectivity index (χ3n) is 2.50. The molecule has 0 aliphatic heterocycles. The van der Waals surface area contributed by atoms with E-state index in [4.69, 9.17) is 4.42 Å². The van der Waals surface area contributed by atoms with E-state index >= 15 is 0 Å². The van der Waals surface area contributed by atoms with E-state index in [0.717, 1.165) is 5.69 Å². The minimum absolute atomic E-state index is 0.273. The fraction of sp³-hybridized carbons (Fsp3) is 0.0667. The van der Waals surface area contributed by atoms with Gasteiger partial charge in [-0.2, -0.15) is 0 Å². The first-order valence-electron chi connectivity index (χ1n) is 6.04. The minimum Gasteiger partial charge on any atom is -0.465 e. The van der Waals surface area contributed by atoms with Crippen molar-refractivity contribution in [2.24, 2.45) is 0 Å². The van der Waals surface area contributed by atoms with E-state index in [1.807, 2.05) is 13.0 Å². The van der Waals surface area contributed by atoms with Gasteiger partial charge in [0, 0.05) is 17.6 Å². The quantitative estimate of drug-likeness (QED) is 0.646. The van der Waals surface area contributed by atoms with Gasteiger partial charge >= 0.3 is 0 Å². The number of hydrogen-bond acceptors (Lipinski definition) is 4. The lowest BCUT2D eigenvalue weighted by Crippen LogP contribution is -2.36. The summed E-state index contributed by atoms with van der Waals surface area (Å²) in [5.74, 6) is 0.437. The van der Waals surface area contributed by atoms with Crippen LogP contribution >= 0.6 is 0 Å². The average Bonchev–Trinajstić information content (AvgIpc) is 2.96. The second-order valence-electron chi connectivity index (χ2n) is 4.14. The predicted octanol–water partition coefficient (Wildman–Crippen LogP) is 2.44. The molecule has 2 N–H and O–H groups in total. The Morgan fingerprint density at radius 2 is 2.20 bits per heavy atom. The van der Waals surface area contributed by atoms with Gasteiger partial charge in [0.1, 0.15) is 5.76 Å². The fourth-order valence-corrected chi connectivity index (χ4v) is 1.42. The summed E-state index contributed by atoms with van der Waals surface area (Å²) in [4.78, 5) is 15.9. The zero-order valence-corrected chi connectivity index (χ0v) is 11.1. The van der Waals surface area contributed by atoms with Crippen LogP contribution in [0.4, 0.5) is 0 Å². The van der Waals surface area contributed by atoms with E-state index in [2.05, 4.69) is 22.4 Å². The number of pyridine rings is 1. The monoisotopic (exact) mass is 269 g/mol. The van der Waals surface area contributed by atoms with E-state index in [9.17, 15) is 4.79 Å². The molecule has 0 atom stereocenters. The van der Waals surface area contributed by atoms with Crippen LogP contribution < -0.4 is 10.9 Å². The number of hydrazine groups is 1. The number of furan rings is 1. The maximum Gasteiger partial charge on any atom is 0.271 e. The lowest BCUT2D eigenvalue weighted by atomic mass is 10.2. The molecule has 0 aromatic carbocycles. The molecule has 0 saturated carbocycles. The van der Waals surface area contributed by atoms with Gasteiger partial charge in [-0.15, -0.1) is 0 Å². The van der Waals surface area contributed by atoms with Crippen molar-refractivity contribution in [2.75, 3.05) is 0 Å². The molecule has 0 saturated heterocycles. The minimum atomic E-state index is -0.273. The van der Waals surface area contributed by atoms with E-state index in [1.54, 1.807) is 36.6 Å². The van der Waals surface area contributed by atoms with Crippen molar-refractivity contribution in [3.63, 3.8) is 0 Å². The van der Waals surface area contributed by atoms with Gasteiger partial charge in [0.25, 0.3) is 5.91 Å². The van der Waals surface area contributed by atoms with Gasteiger partial charge in [-0.3, -0.25) is 20.6 Å². The van der Waals surface area contributed by atoms with Crippen LogP contribution in [-0.2, 0) is 0 Å². The summed E-state index contributed by atoms with van der Waals surface area (Å²) in [6.07, 6.45) is 6.55. The second kappa shape index (κ2) is 6.38. The standard InChI is InChI=1S/C15H15N3O2/c1-11-5-7-13(10-16-11)15(19)18-17-12(2)6-8-14-4-3-9-20-14/h3-10,17H,2H2,1H3,(H,18,19). The predicted molar refractivity (Wildman–Crippen MR) is 76.5 cm³/mol. The van der Waals surface area contributed by atoms with Gasteiger partial charge in [-0.1, -0.05) is 6.58 Å². The lowest BCUT2D eigenvalue weighted by molar-refractivity contribution is 0.0939. The maximum atomic E-state index is 11.8. The van der Waals surface area contributed by atoms with Crippen LogP contribution in [0.2, 0.25) is 0 Å². The third-order valence-corrected chi connectivity index (χ3v) is 2.50. The molecule has 0 fully saturated rings. The van der Waals surface area contributed by atoms with Crippen molar-refractivity contribution < 1.29 is 9.21 Å². The van der Waals surface area contributed by atoms with Gasteiger partial charge in [-0.25, -0.2) is 0 Å². The molecule has 5 heteroatoms. The smallest absolute Gasteiger partial charge is 0.271 e. The van der Waals surface area contributed by atoms with Gasteiger partial charge < -0.3 is 4.42 Å². The van der Waals surface area contributed by atoms with E-state index < -0.39 is 0 Å². The van der Waals surface area contributed by atoms with Crippen LogP contribution in [-0.4, -0.2) is 10.9 Å². The molecule has 0 spiro atoms. The Bertz CT molecular complexity index is 613. The highest BCUT2D eigenvalue weighted by Crippen LogP contribution is 2.03. The Balaban J connectivity index is 1.84. The molecule has 2 rings (SSSR count). The zero-order valence-electron chi connectivity index (χ0n) is 11.1. The molecular formula is C15H15N3O2. The number of nitrogens with zero attached hydrogens (tertiary/aromatic N) is 1. The van der Waals surface area contributed by atoms with Crippen molar-refractivity contribution in [2.45, 2.75) is 6.92 Å². The molecule has 0 radical (unpaired) electrons. The van der Waals surface area contributed by atoms with E-state index in [0.29, 0.717) is 17.0 Å². The molecule has 5 nitrogen and oxygen atoms in total. The van der Waals surface area contributed by atoms with Crippen LogP contribution in [0.1, 0.15) is 21.8 Å². The molecule has 102 valence electrons. The van der Waals surface area contributed by atoms with Crippen molar-refractivity contribution in [1.29, 1.82) is 0 Å². The number of aromatic nitrogens is 1. The number of hydrogen-bond donors (Lipinski definition) is 2. The van der Waals surface area contributed by atoms with Crippen molar-refractivity contribution in [3.8, 4) is 0 Å². The van der Waals surface area contributed by atoms with Crippen LogP contribution in [0.3, 0.4) is 0 Å². The summed E-state index contributed by atoms with van der Waals surface area (Å²) in [5, 5.41) is 0. The summed E-state index contributed by atoms with van der Waals surface area (Å²) in [7, 11) is 0. The number of allylic oxidation sites excluding steroid dienone is 1. The highest BCUT2D eigenvalue weighted by molar-refractivity contribution is 5.93. The molecule has 0 unspecified atom stereocenters. The number of carbonyl (C=O) groups excluding carboxylic acids is 1.